The maximum atomic E-state index is 13.5. The smallest absolute Gasteiger partial charge is 0.0979 e. The molecule has 0 aliphatic heterocycles. The molecular weight excluding hydrogens is 449 g/mol. The van der Waals surface area contributed by atoms with Crippen LogP contribution in [0.3, 0.4) is 0 Å². The predicted molar refractivity (Wildman–Crippen MR) is 144 cm³/mol. The molecule has 5 heteroatoms. The Morgan fingerprint density at radius 2 is 1.25 bits per heavy atom. The van der Waals surface area contributed by atoms with Crippen LogP contribution in [-0.4, -0.2) is 8.96 Å². The molecule has 0 aliphatic carbocycles. The zero-order valence-corrected chi connectivity index (χ0v) is 21.1. The molecule has 0 saturated heterocycles. The average molecular weight is 478 g/mol. The second-order valence-corrected chi connectivity index (χ2v) is 15.4. The van der Waals surface area contributed by atoms with Gasteiger partial charge in [0, 0.05) is 6.04 Å². The first-order valence-corrected chi connectivity index (χ1v) is 14.7. The summed E-state index contributed by atoms with van der Waals surface area (Å²) < 4.78 is 16.6. The fourth-order valence-electron chi connectivity index (χ4n) is 3.85. The molecular formula is C27H28NOPS2. The fourth-order valence-corrected chi connectivity index (χ4v) is 9.61. The lowest BCUT2D eigenvalue weighted by atomic mass is 10.0. The van der Waals surface area contributed by atoms with E-state index in [1.165, 1.54) is 0 Å². The van der Waals surface area contributed by atoms with E-state index >= 15 is 0 Å². The summed E-state index contributed by atoms with van der Waals surface area (Å²) >= 11 is 6.66. The van der Waals surface area contributed by atoms with Crippen molar-refractivity contribution in [1.82, 2.24) is 4.72 Å². The molecule has 0 radical (unpaired) electrons. The van der Waals surface area contributed by atoms with Crippen LogP contribution in [-0.2, 0) is 22.8 Å². The first-order valence-electron chi connectivity index (χ1n) is 10.7. The molecule has 0 aromatic heterocycles. The fraction of sp³-hybridized carbons (Fsp3) is 0.185. The van der Waals surface area contributed by atoms with Crippen molar-refractivity contribution in [3.63, 3.8) is 0 Å². The van der Waals surface area contributed by atoms with Gasteiger partial charge in [-0.15, -0.1) is 0 Å². The van der Waals surface area contributed by atoms with E-state index in [4.69, 9.17) is 11.8 Å². The minimum atomic E-state index is -2.45. The predicted octanol–water partition coefficient (Wildman–Crippen LogP) is 6.02. The third-order valence-electron chi connectivity index (χ3n) is 5.54. The van der Waals surface area contributed by atoms with Crippen LogP contribution in [0.15, 0.2) is 103 Å². The summed E-state index contributed by atoms with van der Waals surface area (Å²) in [4.78, 5) is 0. The number of benzene rings is 4. The van der Waals surface area contributed by atoms with Gasteiger partial charge in [-0.2, -0.15) is 0 Å². The quantitative estimate of drug-likeness (QED) is 0.344. The molecule has 2 atom stereocenters. The van der Waals surface area contributed by atoms with E-state index in [2.05, 4.69) is 65.4 Å². The summed E-state index contributed by atoms with van der Waals surface area (Å²) in [7, 11) is -1.29. The highest BCUT2D eigenvalue weighted by molar-refractivity contribution is 8.22. The van der Waals surface area contributed by atoms with Crippen molar-refractivity contribution in [2.24, 2.45) is 0 Å². The largest absolute Gasteiger partial charge is 0.242 e. The molecule has 4 rings (SSSR count). The molecule has 164 valence electrons. The first-order chi connectivity index (χ1) is 15.3. The molecule has 0 amide bonds. The highest BCUT2D eigenvalue weighted by Gasteiger charge is 2.37. The topological polar surface area (TPSA) is 29.1 Å². The monoisotopic (exact) mass is 477 g/mol. The Kier molecular flexibility index (Phi) is 6.78. The zero-order chi connectivity index (χ0) is 22.8. The van der Waals surface area contributed by atoms with Gasteiger partial charge >= 0.3 is 0 Å². The lowest BCUT2D eigenvalue weighted by Crippen LogP contribution is -2.38. The van der Waals surface area contributed by atoms with Crippen molar-refractivity contribution in [2.75, 3.05) is 0 Å². The van der Waals surface area contributed by atoms with Crippen LogP contribution < -0.4 is 15.3 Å². The zero-order valence-electron chi connectivity index (χ0n) is 18.6. The summed E-state index contributed by atoms with van der Waals surface area (Å²) in [5.74, 6) is -0.284. The Hall–Kier alpha value is -2.10. The van der Waals surface area contributed by atoms with Crippen LogP contribution in [0, 0.1) is 0 Å². The molecule has 1 N–H and O–H groups in total. The van der Waals surface area contributed by atoms with E-state index in [9.17, 15) is 4.21 Å². The van der Waals surface area contributed by atoms with E-state index in [1.54, 1.807) is 0 Å². The molecule has 0 aliphatic rings. The molecule has 32 heavy (non-hydrogen) atoms. The van der Waals surface area contributed by atoms with Gasteiger partial charge < -0.3 is 0 Å². The van der Waals surface area contributed by atoms with Crippen LogP contribution in [0.4, 0.5) is 0 Å². The third-order valence-corrected chi connectivity index (χ3v) is 12.4. The Labute approximate surface area is 198 Å². The van der Waals surface area contributed by atoms with Crippen molar-refractivity contribution in [3.8, 4) is 0 Å². The average Bonchev–Trinajstić information content (AvgIpc) is 2.82. The number of hydrogen-bond acceptors (Lipinski definition) is 2. The first kappa shape index (κ1) is 23.1. The number of fused-ring (bicyclic) bond motifs is 1. The number of nitrogens with one attached hydrogen (secondary N) is 1. The van der Waals surface area contributed by atoms with Crippen molar-refractivity contribution >= 4 is 50.2 Å². The molecule has 2 nitrogen and oxygen atoms in total. The molecule has 1 unspecified atom stereocenters. The van der Waals surface area contributed by atoms with Crippen LogP contribution in [0.2, 0.25) is 0 Å². The van der Waals surface area contributed by atoms with Gasteiger partial charge in [-0.05, 0) is 47.7 Å². The van der Waals surface area contributed by atoms with Crippen molar-refractivity contribution in [2.45, 2.75) is 31.3 Å². The van der Waals surface area contributed by atoms with E-state index in [1.807, 2.05) is 63.2 Å². The molecule has 0 bridgehead atoms. The van der Waals surface area contributed by atoms with Crippen LogP contribution in [0.5, 0.6) is 0 Å². The second-order valence-electron chi connectivity index (χ2n) is 8.80. The Morgan fingerprint density at radius 3 is 1.81 bits per heavy atom. The molecule has 0 saturated carbocycles. The summed E-state index contributed by atoms with van der Waals surface area (Å²) in [5.41, 5.74) is 1.09. The van der Waals surface area contributed by atoms with E-state index in [-0.39, 0.29) is 5.78 Å². The molecule has 0 fully saturated rings. The van der Waals surface area contributed by atoms with Gasteiger partial charge in [0.2, 0.25) is 0 Å². The van der Waals surface area contributed by atoms with Gasteiger partial charge in [-0.3, -0.25) is 0 Å². The Morgan fingerprint density at radius 1 is 0.750 bits per heavy atom. The lowest BCUT2D eigenvalue weighted by Gasteiger charge is -2.35. The lowest BCUT2D eigenvalue weighted by molar-refractivity contribution is 0.633. The Bertz CT molecular complexity index is 1230. The highest BCUT2D eigenvalue weighted by atomic mass is 32.4. The minimum absolute atomic E-state index is 0.284. The summed E-state index contributed by atoms with van der Waals surface area (Å²) in [6.45, 7) is 5.97. The van der Waals surface area contributed by atoms with Gasteiger partial charge in [0.15, 0.2) is 0 Å². The number of rotatable bonds is 6. The SMILES string of the molecule is CC(C)(C)S(=O)N[C@@H](c1cccc2ccccc12)P(=S)(c1ccccc1)c1ccccc1. The molecule has 4 aromatic carbocycles. The van der Waals surface area contributed by atoms with Crippen LogP contribution in [0.1, 0.15) is 32.1 Å². The second kappa shape index (κ2) is 9.41. The van der Waals surface area contributed by atoms with Gasteiger partial charge in [0.1, 0.15) is 0 Å². The van der Waals surface area contributed by atoms with E-state index in [0.717, 1.165) is 26.9 Å². The minimum Gasteiger partial charge on any atom is -0.242 e. The maximum Gasteiger partial charge on any atom is 0.0979 e. The van der Waals surface area contributed by atoms with Gasteiger partial charge in [0.25, 0.3) is 0 Å². The summed E-state index contributed by atoms with van der Waals surface area (Å²) in [6.07, 6.45) is 0. The standard InChI is InChI=1S/C27H28NOPS2/c1-27(2,3)32(29)28-26(25-20-12-14-21-13-10-11-19-24(21)25)30(31,22-15-6-4-7-16-22)23-17-8-5-9-18-23/h4-20,26,28H,1-3H3/t26-,32?/m1/s1. The molecule has 0 spiro atoms. The van der Waals surface area contributed by atoms with Gasteiger partial charge in [-0.25, -0.2) is 8.93 Å². The third kappa shape index (κ3) is 4.51. The van der Waals surface area contributed by atoms with E-state index in [0.29, 0.717) is 0 Å². The summed E-state index contributed by atoms with van der Waals surface area (Å²) in [6, 6.07) is 32.9. The van der Waals surface area contributed by atoms with Gasteiger partial charge in [0.05, 0.1) is 21.5 Å². The number of hydrogen-bond donors (Lipinski definition) is 1. The molecule has 4 aromatic rings. The maximum absolute atomic E-state index is 13.5. The van der Waals surface area contributed by atoms with E-state index < -0.39 is 21.8 Å². The van der Waals surface area contributed by atoms with Crippen LogP contribution in [0.25, 0.3) is 10.8 Å². The molecule has 0 heterocycles. The van der Waals surface area contributed by atoms with Crippen molar-refractivity contribution in [3.05, 3.63) is 109 Å². The van der Waals surface area contributed by atoms with Crippen molar-refractivity contribution in [1.29, 1.82) is 0 Å². The normalized spacial score (nSPS) is 14.2. The summed E-state index contributed by atoms with van der Waals surface area (Å²) in [5, 5.41) is 4.51. The van der Waals surface area contributed by atoms with Crippen LogP contribution >= 0.6 is 6.04 Å². The Balaban J connectivity index is 2.03. The van der Waals surface area contributed by atoms with Gasteiger partial charge in [-0.1, -0.05) is 115 Å². The highest BCUT2D eigenvalue weighted by Crippen LogP contribution is 2.57. The van der Waals surface area contributed by atoms with Crippen molar-refractivity contribution < 1.29 is 4.21 Å².